The number of fused-ring (bicyclic) bond motifs is 1. The topological polar surface area (TPSA) is 57.8 Å². The van der Waals surface area contributed by atoms with Gasteiger partial charge in [0.25, 0.3) is 5.91 Å². The largest absolute Gasteiger partial charge is 0.332 e. The number of hydrogen-bond acceptors (Lipinski definition) is 2. The van der Waals surface area contributed by atoms with Gasteiger partial charge in [0.05, 0.1) is 6.07 Å². The van der Waals surface area contributed by atoms with Gasteiger partial charge >= 0.3 is 0 Å². The average Bonchev–Trinajstić information content (AvgIpc) is 3.08. The van der Waals surface area contributed by atoms with Crippen molar-refractivity contribution in [2.45, 2.75) is 44.2 Å². The number of para-hydroxylation sites is 1. The maximum Gasteiger partial charge on any atom is 0.269 e. The van der Waals surface area contributed by atoms with Gasteiger partial charge in [0.15, 0.2) is 0 Å². The van der Waals surface area contributed by atoms with Crippen LogP contribution in [0.15, 0.2) is 60.7 Å². The first-order chi connectivity index (χ1) is 13.2. The predicted molar refractivity (Wildman–Crippen MR) is 106 cm³/mol. The average molecular weight is 357 g/mol. The molecule has 136 valence electrons. The van der Waals surface area contributed by atoms with E-state index in [0.717, 1.165) is 48.6 Å². The van der Waals surface area contributed by atoms with Crippen molar-refractivity contribution in [3.8, 4) is 6.07 Å². The summed E-state index contributed by atoms with van der Waals surface area (Å²) >= 11 is 0. The number of amides is 1. The zero-order chi connectivity index (χ0) is 18.7. The maximum absolute atomic E-state index is 13.2. The Balaban J connectivity index is 1.71. The van der Waals surface area contributed by atoms with E-state index < -0.39 is 5.54 Å². The molecule has 0 bridgehead atoms. The number of nitriles is 1. The van der Waals surface area contributed by atoms with Gasteiger partial charge in [-0.3, -0.25) is 4.79 Å². The third kappa shape index (κ3) is 3.46. The molecule has 1 saturated carbocycles. The molecule has 0 saturated heterocycles. The summed E-state index contributed by atoms with van der Waals surface area (Å²) in [5.41, 5.74) is 2.05. The minimum atomic E-state index is -0.733. The molecule has 27 heavy (non-hydrogen) atoms. The first-order valence-electron chi connectivity index (χ1n) is 9.57. The highest BCUT2D eigenvalue weighted by Gasteiger charge is 2.34. The molecule has 0 unspecified atom stereocenters. The van der Waals surface area contributed by atoms with E-state index in [0.29, 0.717) is 12.2 Å². The molecule has 1 fully saturated rings. The van der Waals surface area contributed by atoms with Gasteiger partial charge in [-0.1, -0.05) is 67.8 Å². The van der Waals surface area contributed by atoms with Crippen LogP contribution >= 0.6 is 0 Å². The van der Waals surface area contributed by atoms with E-state index in [-0.39, 0.29) is 5.91 Å². The van der Waals surface area contributed by atoms with Crippen LogP contribution < -0.4 is 5.32 Å². The standard InChI is InChI=1S/C23H23N3O/c24-17-23(13-7-2-8-14-23)25-22(27)21-15-19-11-5-6-12-20(19)26(21)16-18-9-3-1-4-10-18/h1,3-6,9-12,15H,2,7-8,13-14,16H2,(H,25,27). The first-order valence-corrected chi connectivity index (χ1v) is 9.57. The second kappa shape index (κ2) is 7.28. The summed E-state index contributed by atoms with van der Waals surface area (Å²) in [4.78, 5) is 13.2. The SMILES string of the molecule is N#CC1(NC(=O)c2cc3ccccc3n2Cc2ccccc2)CCCCC1. The van der Waals surface area contributed by atoms with Crippen LogP contribution in [0.4, 0.5) is 0 Å². The Kier molecular flexibility index (Phi) is 4.68. The Labute approximate surface area is 159 Å². The van der Waals surface area contributed by atoms with E-state index in [2.05, 4.69) is 23.5 Å². The van der Waals surface area contributed by atoms with Crippen molar-refractivity contribution in [1.82, 2.24) is 9.88 Å². The molecule has 1 aliphatic carbocycles. The summed E-state index contributed by atoms with van der Waals surface area (Å²) in [6.45, 7) is 0.622. The molecule has 4 rings (SSSR count). The highest BCUT2D eigenvalue weighted by molar-refractivity contribution is 5.99. The molecule has 0 atom stereocenters. The molecule has 1 amide bonds. The smallest absolute Gasteiger partial charge is 0.269 e. The van der Waals surface area contributed by atoms with E-state index in [9.17, 15) is 10.1 Å². The molecule has 1 aliphatic rings. The molecule has 0 aliphatic heterocycles. The van der Waals surface area contributed by atoms with E-state index in [4.69, 9.17) is 0 Å². The zero-order valence-electron chi connectivity index (χ0n) is 15.3. The monoisotopic (exact) mass is 357 g/mol. The van der Waals surface area contributed by atoms with Crippen molar-refractivity contribution in [2.75, 3.05) is 0 Å². The van der Waals surface area contributed by atoms with E-state index in [1.807, 2.05) is 53.1 Å². The van der Waals surface area contributed by atoms with Crippen molar-refractivity contribution in [1.29, 1.82) is 5.26 Å². The van der Waals surface area contributed by atoms with Crippen LogP contribution in [0.1, 0.15) is 48.2 Å². The minimum Gasteiger partial charge on any atom is -0.332 e. The number of nitrogens with one attached hydrogen (secondary N) is 1. The van der Waals surface area contributed by atoms with E-state index in [1.54, 1.807) is 0 Å². The van der Waals surface area contributed by atoms with Gasteiger partial charge in [0, 0.05) is 17.4 Å². The third-order valence-electron chi connectivity index (χ3n) is 5.50. The molecule has 0 spiro atoms. The van der Waals surface area contributed by atoms with Crippen molar-refractivity contribution in [3.63, 3.8) is 0 Å². The lowest BCUT2D eigenvalue weighted by Gasteiger charge is -2.31. The van der Waals surface area contributed by atoms with Gasteiger partial charge in [-0.2, -0.15) is 5.26 Å². The van der Waals surface area contributed by atoms with Gasteiger partial charge in [-0.05, 0) is 30.5 Å². The summed E-state index contributed by atoms with van der Waals surface area (Å²) in [5, 5.41) is 13.8. The van der Waals surface area contributed by atoms with Crippen LogP contribution in [-0.2, 0) is 6.54 Å². The van der Waals surface area contributed by atoms with Crippen LogP contribution in [0.3, 0.4) is 0 Å². The Morgan fingerprint density at radius 3 is 2.48 bits per heavy atom. The summed E-state index contributed by atoms with van der Waals surface area (Å²) in [7, 11) is 0. The highest BCUT2D eigenvalue weighted by Crippen LogP contribution is 2.29. The predicted octanol–water partition coefficient (Wildman–Crippen LogP) is 4.65. The third-order valence-corrected chi connectivity index (χ3v) is 5.50. The maximum atomic E-state index is 13.2. The number of benzene rings is 2. The number of carbonyl (C=O) groups is 1. The Bertz CT molecular complexity index is 991. The number of aromatic nitrogens is 1. The summed E-state index contributed by atoms with van der Waals surface area (Å²) in [6.07, 6.45) is 4.57. The van der Waals surface area contributed by atoms with E-state index in [1.165, 1.54) is 0 Å². The second-order valence-corrected chi connectivity index (χ2v) is 7.37. The van der Waals surface area contributed by atoms with Crippen molar-refractivity contribution >= 4 is 16.8 Å². The molecule has 4 nitrogen and oxygen atoms in total. The molecule has 2 aromatic carbocycles. The minimum absolute atomic E-state index is 0.161. The van der Waals surface area contributed by atoms with E-state index >= 15 is 0 Å². The van der Waals surface area contributed by atoms with Crippen LogP contribution in [0.2, 0.25) is 0 Å². The van der Waals surface area contributed by atoms with Gasteiger partial charge < -0.3 is 9.88 Å². The van der Waals surface area contributed by atoms with Crippen LogP contribution in [-0.4, -0.2) is 16.0 Å². The lowest BCUT2D eigenvalue weighted by Crippen LogP contribution is -2.49. The van der Waals surface area contributed by atoms with Gasteiger partial charge in [-0.15, -0.1) is 0 Å². The molecule has 1 heterocycles. The van der Waals surface area contributed by atoms with Crippen molar-refractivity contribution in [2.24, 2.45) is 0 Å². The first kappa shape index (κ1) is 17.4. The fourth-order valence-electron chi connectivity index (χ4n) is 4.04. The number of nitrogens with zero attached hydrogens (tertiary/aromatic N) is 2. The molecule has 3 aromatic rings. The zero-order valence-corrected chi connectivity index (χ0v) is 15.3. The van der Waals surface area contributed by atoms with Gasteiger partial charge in [0.1, 0.15) is 11.2 Å². The molecular weight excluding hydrogens is 334 g/mol. The quantitative estimate of drug-likeness (QED) is 0.739. The molecule has 0 radical (unpaired) electrons. The summed E-state index contributed by atoms with van der Waals surface area (Å²) in [6, 6.07) is 22.5. The van der Waals surface area contributed by atoms with Crippen LogP contribution in [0.5, 0.6) is 0 Å². The Morgan fingerprint density at radius 2 is 1.74 bits per heavy atom. The number of hydrogen-bond donors (Lipinski definition) is 1. The Morgan fingerprint density at radius 1 is 1.04 bits per heavy atom. The van der Waals surface area contributed by atoms with Crippen LogP contribution in [0.25, 0.3) is 10.9 Å². The second-order valence-electron chi connectivity index (χ2n) is 7.37. The Hall–Kier alpha value is -3.06. The summed E-state index contributed by atoms with van der Waals surface area (Å²) < 4.78 is 2.05. The number of rotatable bonds is 4. The molecule has 1 aromatic heterocycles. The van der Waals surface area contributed by atoms with Gasteiger partial charge in [-0.25, -0.2) is 0 Å². The fraction of sp³-hybridized carbons (Fsp3) is 0.304. The lowest BCUT2D eigenvalue weighted by atomic mass is 9.83. The fourth-order valence-corrected chi connectivity index (χ4v) is 4.04. The van der Waals surface area contributed by atoms with Crippen LogP contribution in [0, 0.1) is 11.3 Å². The molecule has 4 heteroatoms. The van der Waals surface area contributed by atoms with Crippen molar-refractivity contribution in [3.05, 3.63) is 71.9 Å². The highest BCUT2D eigenvalue weighted by atomic mass is 16.2. The normalized spacial score (nSPS) is 16.0. The lowest BCUT2D eigenvalue weighted by molar-refractivity contribution is 0.0894. The van der Waals surface area contributed by atoms with Gasteiger partial charge in [0.2, 0.25) is 0 Å². The molecular formula is C23H23N3O. The summed E-state index contributed by atoms with van der Waals surface area (Å²) in [5.74, 6) is -0.161. The number of carbonyl (C=O) groups excluding carboxylic acids is 1. The van der Waals surface area contributed by atoms with Crippen molar-refractivity contribution < 1.29 is 4.79 Å². The molecule has 1 N–H and O–H groups in total.